The van der Waals surface area contributed by atoms with Crippen molar-refractivity contribution in [1.29, 1.82) is 0 Å². The fraction of sp³-hybridized carbons (Fsp3) is 0.714. The zero-order chi connectivity index (χ0) is 14.3. The molecule has 0 aliphatic carbocycles. The Morgan fingerprint density at radius 3 is 2.63 bits per heavy atom. The predicted molar refractivity (Wildman–Crippen MR) is 76.8 cm³/mol. The van der Waals surface area contributed by atoms with Crippen LogP contribution >= 0.6 is 0 Å². The van der Waals surface area contributed by atoms with E-state index in [4.69, 9.17) is 0 Å². The lowest BCUT2D eigenvalue weighted by Gasteiger charge is -2.13. The second kappa shape index (κ2) is 7.94. The number of likely N-dealkylation sites (N-methyl/N-ethyl adjacent to an activating group) is 1. The molecular weight excluding hydrogens is 240 g/mol. The van der Waals surface area contributed by atoms with Gasteiger partial charge in [-0.1, -0.05) is 13.8 Å². The van der Waals surface area contributed by atoms with Crippen LogP contribution in [0, 0.1) is 0 Å². The van der Waals surface area contributed by atoms with E-state index in [-0.39, 0.29) is 11.9 Å². The number of nitrogens with zero attached hydrogens (tertiary/aromatic N) is 2. The van der Waals surface area contributed by atoms with Crippen LogP contribution in [0.2, 0.25) is 0 Å². The van der Waals surface area contributed by atoms with Crippen LogP contribution in [0.4, 0.5) is 0 Å². The van der Waals surface area contributed by atoms with Crippen molar-refractivity contribution in [3.05, 3.63) is 18.0 Å². The van der Waals surface area contributed by atoms with Gasteiger partial charge in [-0.2, -0.15) is 5.10 Å². The number of hydrogen-bond acceptors (Lipinski definition) is 3. The van der Waals surface area contributed by atoms with Crippen LogP contribution < -0.4 is 10.6 Å². The van der Waals surface area contributed by atoms with Crippen LogP contribution in [0.3, 0.4) is 0 Å². The van der Waals surface area contributed by atoms with E-state index < -0.39 is 0 Å². The van der Waals surface area contributed by atoms with E-state index in [2.05, 4.69) is 29.6 Å². The quantitative estimate of drug-likeness (QED) is 0.755. The van der Waals surface area contributed by atoms with Crippen molar-refractivity contribution in [2.45, 2.75) is 59.2 Å². The Kier molecular flexibility index (Phi) is 6.56. The second-order valence-corrected chi connectivity index (χ2v) is 4.75. The fourth-order valence-electron chi connectivity index (χ4n) is 2.02. The monoisotopic (exact) mass is 266 g/mol. The van der Waals surface area contributed by atoms with Gasteiger partial charge < -0.3 is 10.6 Å². The normalized spacial score (nSPS) is 12.7. The minimum absolute atomic E-state index is 0.0296. The summed E-state index contributed by atoms with van der Waals surface area (Å²) in [4.78, 5) is 11.6. The molecule has 1 atom stereocenters. The Morgan fingerprint density at radius 1 is 1.37 bits per heavy atom. The van der Waals surface area contributed by atoms with Gasteiger partial charge in [-0.15, -0.1) is 0 Å². The highest BCUT2D eigenvalue weighted by Gasteiger charge is 2.12. The average molecular weight is 266 g/mol. The highest BCUT2D eigenvalue weighted by atomic mass is 16.2. The molecule has 1 unspecified atom stereocenters. The van der Waals surface area contributed by atoms with Gasteiger partial charge in [0, 0.05) is 19.3 Å². The molecule has 0 bridgehead atoms. The number of hydrogen-bond donors (Lipinski definition) is 2. The van der Waals surface area contributed by atoms with Gasteiger partial charge in [-0.25, -0.2) is 0 Å². The second-order valence-electron chi connectivity index (χ2n) is 4.75. The molecule has 0 saturated heterocycles. The molecule has 5 heteroatoms. The van der Waals surface area contributed by atoms with Gasteiger partial charge in [0.15, 0.2) is 0 Å². The Hall–Kier alpha value is -1.36. The summed E-state index contributed by atoms with van der Waals surface area (Å²) in [6.45, 7) is 9.40. The number of amides is 1. The summed E-state index contributed by atoms with van der Waals surface area (Å²) in [5.74, 6) is 0.0296. The molecule has 0 aliphatic heterocycles. The van der Waals surface area contributed by atoms with E-state index in [1.165, 1.54) is 0 Å². The van der Waals surface area contributed by atoms with Gasteiger partial charge in [0.25, 0.3) is 0 Å². The molecule has 0 spiro atoms. The zero-order valence-electron chi connectivity index (χ0n) is 12.4. The van der Waals surface area contributed by atoms with Crippen LogP contribution in [0.25, 0.3) is 0 Å². The molecule has 0 fully saturated rings. The van der Waals surface area contributed by atoms with E-state index in [1.54, 1.807) is 0 Å². The first-order valence-electron chi connectivity index (χ1n) is 7.17. The SMILES string of the molecule is CCNC(=O)C(C)NCc1ccn(C(CC)CC)n1. The number of rotatable bonds is 8. The molecule has 1 rings (SSSR count). The molecule has 5 nitrogen and oxygen atoms in total. The third-order valence-electron chi connectivity index (χ3n) is 3.31. The van der Waals surface area contributed by atoms with Crippen LogP contribution in [0.5, 0.6) is 0 Å². The highest BCUT2D eigenvalue weighted by molar-refractivity contribution is 5.81. The molecule has 1 amide bonds. The molecule has 0 aromatic carbocycles. The van der Waals surface area contributed by atoms with E-state index in [1.807, 2.05) is 30.8 Å². The van der Waals surface area contributed by atoms with Crippen LogP contribution in [0.15, 0.2) is 12.3 Å². The lowest BCUT2D eigenvalue weighted by molar-refractivity contribution is -0.122. The van der Waals surface area contributed by atoms with E-state index in [0.29, 0.717) is 19.1 Å². The molecule has 1 heterocycles. The Balaban J connectivity index is 2.48. The van der Waals surface area contributed by atoms with Gasteiger partial charge in [0.1, 0.15) is 0 Å². The summed E-state index contributed by atoms with van der Waals surface area (Å²) in [6, 6.07) is 2.28. The summed E-state index contributed by atoms with van der Waals surface area (Å²) >= 11 is 0. The van der Waals surface area contributed by atoms with Gasteiger partial charge >= 0.3 is 0 Å². The summed E-state index contributed by atoms with van der Waals surface area (Å²) in [6.07, 6.45) is 4.19. The number of carbonyl (C=O) groups is 1. The first kappa shape index (κ1) is 15.7. The van der Waals surface area contributed by atoms with Crippen molar-refractivity contribution in [3.8, 4) is 0 Å². The maximum atomic E-state index is 11.6. The standard InChI is InChI=1S/C14H26N4O/c1-5-13(6-2)18-9-8-12(17-18)10-16-11(4)14(19)15-7-3/h8-9,11,13,16H,5-7,10H2,1-4H3,(H,15,19). The largest absolute Gasteiger partial charge is 0.355 e. The minimum Gasteiger partial charge on any atom is -0.355 e. The van der Waals surface area contributed by atoms with Crippen molar-refractivity contribution in [2.24, 2.45) is 0 Å². The Labute approximate surface area is 115 Å². The minimum atomic E-state index is -0.196. The van der Waals surface area contributed by atoms with E-state index >= 15 is 0 Å². The maximum absolute atomic E-state index is 11.6. The predicted octanol–water partition coefficient (Wildman–Crippen LogP) is 1.86. The summed E-state index contributed by atoms with van der Waals surface area (Å²) in [7, 11) is 0. The first-order chi connectivity index (χ1) is 9.12. The number of aromatic nitrogens is 2. The van der Waals surface area contributed by atoms with Crippen molar-refractivity contribution in [1.82, 2.24) is 20.4 Å². The highest BCUT2D eigenvalue weighted by Crippen LogP contribution is 2.14. The lowest BCUT2D eigenvalue weighted by atomic mass is 10.2. The third kappa shape index (κ3) is 4.67. The van der Waals surface area contributed by atoms with Crippen molar-refractivity contribution in [2.75, 3.05) is 6.54 Å². The molecule has 2 N–H and O–H groups in total. The van der Waals surface area contributed by atoms with Gasteiger partial charge in [-0.05, 0) is 32.8 Å². The van der Waals surface area contributed by atoms with Crippen molar-refractivity contribution < 1.29 is 4.79 Å². The smallest absolute Gasteiger partial charge is 0.236 e. The van der Waals surface area contributed by atoms with Crippen molar-refractivity contribution >= 4 is 5.91 Å². The maximum Gasteiger partial charge on any atom is 0.236 e. The fourth-order valence-corrected chi connectivity index (χ4v) is 2.02. The molecule has 1 aromatic heterocycles. The molecule has 0 saturated carbocycles. The molecule has 0 radical (unpaired) electrons. The molecular formula is C14H26N4O. The van der Waals surface area contributed by atoms with Crippen molar-refractivity contribution in [3.63, 3.8) is 0 Å². The first-order valence-corrected chi connectivity index (χ1v) is 7.17. The van der Waals surface area contributed by atoms with E-state index in [0.717, 1.165) is 18.5 Å². The summed E-state index contributed by atoms with van der Waals surface area (Å²) in [5, 5.41) is 10.5. The number of carbonyl (C=O) groups excluding carboxylic acids is 1. The molecule has 108 valence electrons. The Morgan fingerprint density at radius 2 is 2.05 bits per heavy atom. The summed E-state index contributed by atoms with van der Waals surface area (Å²) in [5.41, 5.74) is 0.975. The average Bonchev–Trinajstić information content (AvgIpc) is 2.86. The lowest BCUT2D eigenvalue weighted by Crippen LogP contribution is -2.41. The molecule has 0 aliphatic rings. The Bertz CT molecular complexity index is 385. The van der Waals surface area contributed by atoms with Crippen LogP contribution in [0.1, 0.15) is 52.3 Å². The third-order valence-corrected chi connectivity index (χ3v) is 3.31. The molecule has 1 aromatic rings. The van der Waals surface area contributed by atoms with Gasteiger partial charge in [0.05, 0.1) is 17.8 Å². The van der Waals surface area contributed by atoms with Crippen LogP contribution in [-0.4, -0.2) is 28.3 Å². The van der Waals surface area contributed by atoms with Gasteiger partial charge in [0.2, 0.25) is 5.91 Å². The van der Waals surface area contributed by atoms with Gasteiger partial charge in [-0.3, -0.25) is 9.48 Å². The summed E-state index contributed by atoms with van der Waals surface area (Å²) < 4.78 is 2.02. The van der Waals surface area contributed by atoms with E-state index in [9.17, 15) is 4.79 Å². The molecule has 19 heavy (non-hydrogen) atoms. The van der Waals surface area contributed by atoms with Crippen LogP contribution in [-0.2, 0) is 11.3 Å². The zero-order valence-corrected chi connectivity index (χ0v) is 12.4. The number of nitrogens with one attached hydrogen (secondary N) is 2. The topological polar surface area (TPSA) is 59.0 Å².